The topological polar surface area (TPSA) is 37.3 Å². The summed E-state index contributed by atoms with van der Waals surface area (Å²) in [6.45, 7) is 4.03. The van der Waals surface area contributed by atoms with Gasteiger partial charge in [0, 0.05) is 0 Å². The molecule has 1 N–H and O–H groups in total. The van der Waals surface area contributed by atoms with Crippen LogP contribution in [0, 0.1) is 13.8 Å². The predicted octanol–water partition coefficient (Wildman–Crippen LogP) is 2.69. The summed E-state index contributed by atoms with van der Waals surface area (Å²) >= 11 is 3.13. The number of hydrogen-bond donors (Lipinski definition) is 1. The molecule has 0 unspecified atom stereocenters. The number of carbonyl (C=O) groups is 1. The van der Waals surface area contributed by atoms with Crippen LogP contribution >= 0.6 is 15.9 Å². The quantitative estimate of drug-likeness (QED) is 0.845. The highest BCUT2D eigenvalue weighted by Crippen LogP contribution is 2.14. The highest BCUT2D eigenvalue weighted by atomic mass is 79.9. The highest BCUT2D eigenvalue weighted by molar-refractivity contribution is 9.10. The summed E-state index contributed by atoms with van der Waals surface area (Å²) in [6.07, 6.45) is 0.526. The molecule has 0 aromatic heterocycles. The third-order valence-electron chi connectivity index (χ3n) is 1.96. The average Bonchev–Trinajstić information content (AvgIpc) is 2.01. The Hall–Kier alpha value is -0.830. The van der Waals surface area contributed by atoms with Crippen molar-refractivity contribution in [2.24, 2.45) is 0 Å². The van der Waals surface area contributed by atoms with Gasteiger partial charge in [-0.1, -0.05) is 45.3 Å². The summed E-state index contributed by atoms with van der Waals surface area (Å²) in [6, 6.07) is 6.11. The van der Waals surface area contributed by atoms with Crippen LogP contribution in [-0.4, -0.2) is 15.9 Å². The van der Waals surface area contributed by atoms with E-state index in [0.717, 1.165) is 5.56 Å². The fourth-order valence-corrected chi connectivity index (χ4v) is 1.85. The van der Waals surface area contributed by atoms with Gasteiger partial charge in [0.1, 0.15) is 4.83 Å². The predicted molar refractivity (Wildman–Crippen MR) is 60.0 cm³/mol. The molecular formula is C11H13BrO2. The Morgan fingerprint density at radius 3 is 2.29 bits per heavy atom. The van der Waals surface area contributed by atoms with E-state index in [2.05, 4.69) is 22.0 Å². The van der Waals surface area contributed by atoms with Crippen molar-refractivity contribution in [3.05, 3.63) is 34.9 Å². The van der Waals surface area contributed by atoms with E-state index in [4.69, 9.17) is 5.11 Å². The zero-order chi connectivity index (χ0) is 10.7. The Morgan fingerprint density at radius 2 is 1.86 bits per heavy atom. The standard InChI is InChI=1S/C11H13BrO2/c1-7-3-8(2)5-9(4-7)6-10(12)11(13)14/h3-5,10H,6H2,1-2H3,(H,13,14)/t10-/m0/s1. The van der Waals surface area contributed by atoms with Crippen molar-refractivity contribution in [3.8, 4) is 0 Å². The maximum atomic E-state index is 10.6. The summed E-state index contributed by atoms with van der Waals surface area (Å²) in [7, 11) is 0. The largest absolute Gasteiger partial charge is 0.480 e. The number of rotatable bonds is 3. The SMILES string of the molecule is Cc1cc(C)cc(C[C@H](Br)C(=O)O)c1. The van der Waals surface area contributed by atoms with Crippen LogP contribution in [0.3, 0.4) is 0 Å². The van der Waals surface area contributed by atoms with Crippen molar-refractivity contribution in [3.63, 3.8) is 0 Å². The van der Waals surface area contributed by atoms with Gasteiger partial charge >= 0.3 is 5.97 Å². The minimum absolute atomic E-state index is 0.497. The van der Waals surface area contributed by atoms with E-state index in [1.165, 1.54) is 11.1 Å². The van der Waals surface area contributed by atoms with E-state index < -0.39 is 10.8 Å². The number of aryl methyl sites for hydroxylation is 2. The molecule has 3 heteroatoms. The Balaban J connectivity index is 2.81. The molecule has 0 saturated heterocycles. The lowest BCUT2D eigenvalue weighted by atomic mass is 10.0. The fraction of sp³-hybridized carbons (Fsp3) is 0.364. The molecule has 0 fully saturated rings. The second kappa shape index (κ2) is 4.60. The average molecular weight is 257 g/mol. The Morgan fingerprint density at radius 1 is 1.36 bits per heavy atom. The molecule has 2 nitrogen and oxygen atoms in total. The third kappa shape index (κ3) is 3.14. The van der Waals surface area contributed by atoms with E-state index in [9.17, 15) is 4.79 Å². The molecule has 14 heavy (non-hydrogen) atoms. The van der Waals surface area contributed by atoms with Gasteiger partial charge in [0.15, 0.2) is 0 Å². The number of aliphatic carboxylic acids is 1. The summed E-state index contributed by atoms with van der Waals surface area (Å²) in [5.74, 6) is -0.816. The number of alkyl halides is 1. The number of halogens is 1. The van der Waals surface area contributed by atoms with Crippen LogP contribution in [0.15, 0.2) is 18.2 Å². The van der Waals surface area contributed by atoms with Crippen LogP contribution in [-0.2, 0) is 11.2 Å². The molecule has 0 radical (unpaired) electrons. The van der Waals surface area contributed by atoms with E-state index in [0.29, 0.717) is 6.42 Å². The molecule has 0 amide bonds. The van der Waals surface area contributed by atoms with Gasteiger partial charge < -0.3 is 5.11 Å². The van der Waals surface area contributed by atoms with Crippen molar-refractivity contribution in [1.29, 1.82) is 0 Å². The first-order valence-electron chi connectivity index (χ1n) is 4.43. The van der Waals surface area contributed by atoms with Crippen LogP contribution in [0.2, 0.25) is 0 Å². The van der Waals surface area contributed by atoms with Crippen LogP contribution in [0.4, 0.5) is 0 Å². The molecule has 0 aliphatic rings. The third-order valence-corrected chi connectivity index (χ3v) is 2.68. The maximum Gasteiger partial charge on any atom is 0.317 e. The van der Waals surface area contributed by atoms with Crippen molar-refractivity contribution in [2.75, 3.05) is 0 Å². The Bertz CT molecular complexity index is 327. The van der Waals surface area contributed by atoms with E-state index >= 15 is 0 Å². The Kier molecular flexibility index (Phi) is 3.69. The first-order valence-corrected chi connectivity index (χ1v) is 5.34. The van der Waals surface area contributed by atoms with Crippen molar-refractivity contribution >= 4 is 21.9 Å². The summed E-state index contributed by atoms with van der Waals surface area (Å²) in [5.41, 5.74) is 3.40. The first kappa shape index (κ1) is 11.2. The lowest BCUT2D eigenvalue weighted by molar-refractivity contribution is -0.136. The van der Waals surface area contributed by atoms with Crippen LogP contribution < -0.4 is 0 Å². The van der Waals surface area contributed by atoms with Gasteiger partial charge in [-0.3, -0.25) is 4.79 Å². The Labute approximate surface area is 92.1 Å². The van der Waals surface area contributed by atoms with E-state index in [1.807, 2.05) is 26.0 Å². The van der Waals surface area contributed by atoms with Crippen LogP contribution in [0.5, 0.6) is 0 Å². The van der Waals surface area contributed by atoms with Crippen LogP contribution in [0.1, 0.15) is 16.7 Å². The number of hydrogen-bond acceptors (Lipinski definition) is 1. The van der Waals surface area contributed by atoms with Crippen molar-refractivity contribution in [2.45, 2.75) is 25.1 Å². The molecule has 0 saturated carbocycles. The monoisotopic (exact) mass is 256 g/mol. The van der Waals surface area contributed by atoms with Crippen molar-refractivity contribution < 1.29 is 9.90 Å². The minimum atomic E-state index is -0.816. The van der Waals surface area contributed by atoms with Gasteiger partial charge in [-0.2, -0.15) is 0 Å². The maximum absolute atomic E-state index is 10.6. The highest BCUT2D eigenvalue weighted by Gasteiger charge is 2.13. The molecule has 0 spiro atoms. The molecule has 0 bridgehead atoms. The first-order chi connectivity index (χ1) is 6.49. The van der Waals surface area contributed by atoms with Gasteiger partial charge in [0.25, 0.3) is 0 Å². The molecule has 1 aromatic rings. The molecule has 0 aliphatic carbocycles. The molecule has 1 rings (SSSR count). The van der Waals surface area contributed by atoms with Gasteiger partial charge in [0.05, 0.1) is 0 Å². The molecule has 0 aliphatic heterocycles. The van der Waals surface area contributed by atoms with E-state index in [1.54, 1.807) is 0 Å². The molecule has 76 valence electrons. The lowest BCUT2D eigenvalue weighted by Crippen LogP contribution is -2.15. The number of carboxylic acids is 1. The minimum Gasteiger partial charge on any atom is -0.480 e. The molecule has 1 atom stereocenters. The molecular weight excluding hydrogens is 244 g/mol. The fourth-order valence-electron chi connectivity index (χ4n) is 1.48. The zero-order valence-electron chi connectivity index (χ0n) is 8.25. The van der Waals surface area contributed by atoms with Gasteiger partial charge in [-0.15, -0.1) is 0 Å². The molecule has 1 aromatic carbocycles. The second-order valence-corrected chi connectivity index (χ2v) is 4.61. The lowest BCUT2D eigenvalue weighted by Gasteiger charge is -2.06. The van der Waals surface area contributed by atoms with Gasteiger partial charge in [-0.05, 0) is 25.8 Å². The van der Waals surface area contributed by atoms with Crippen molar-refractivity contribution in [1.82, 2.24) is 0 Å². The summed E-state index contributed by atoms with van der Waals surface area (Å²) in [4.78, 5) is 10.1. The zero-order valence-corrected chi connectivity index (χ0v) is 9.84. The number of carboxylic acid groups (broad SMARTS) is 1. The second-order valence-electron chi connectivity index (χ2n) is 3.51. The van der Waals surface area contributed by atoms with E-state index in [-0.39, 0.29) is 0 Å². The summed E-state index contributed by atoms with van der Waals surface area (Å²) in [5, 5.41) is 8.74. The number of benzene rings is 1. The smallest absolute Gasteiger partial charge is 0.317 e. The molecule has 0 heterocycles. The summed E-state index contributed by atoms with van der Waals surface area (Å²) < 4.78 is 0. The van der Waals surface area contributed by atoms with Crippen LogP contribution in [0.25, 0.3) is 0 Å². The normalized spacial score (nSPS) is 12.5. The van der Waals surface area contributed by atoms with Gasteiger partial charge in [0.2, 0.25) is 0 Å². The van der Waals surface area contributed by atoms with Gasteiger partial charge in [-0.25, -0.2) is 0 Å².